The minimum Gasteiger partial charge on any atom is -0.484 e. The number of ether oxygens (including phenoxy) is 1. The van der Waals surface area contributed by atoms with Gasteiger partial charge >= 0.3 is 5.63 Å². The number of fused-ring (bicyclic) bond motifs is 4. The zero-order valence-electron chi connectivity index (χ0n) is 16.7. The molecule has 0 aliphatic carbocycles. The molecule has 0 fully saturated rings. The standard InChI is InChI=1S/C25H18N2O4/c1-15-12-21(27-24-19-8-4-5-9-20(19)31-25(29)23(15)24)26-22(28)14-30-18-11-10-16-6-2-3-7-17(16)13-18/h2-13H,14H2,1H3,(H,26,27,28). The van der Waals surface area contributed by atoms with Gasteiger partial charge in [-0.15, -0.1) is 0 Å². The molecule has 6 heteroatoms. The Morgan fingerprint density at radius 3 is 2.65 bits per heavy atom. The van der Waals surface area contributed by atoms with E-state index in [1.54, 1.807) is 25.1 Å². The molecule has 0 aliphatic rings. The zero-order chi connectivity index (χ0) is 21.4. The van der Waals surface area contributed by atoms with Gasteiger partial charge in [0.05, 0.1) is 10.9 Å². The lowest BCUT2D eigenvalue weighted by atomic mass is 10.1. The summed E-state index contributed by atoms with van der Waals surface area (Å²) in [6, 6.07) is 22.5. The van der Waals surface area contributed by atoms with Gasteiger partial charge in [0, 0.05) is 5.39 Å². The summed E-state index contributed by atoms with van der Waals surface area (Å²) in [6.07, 6.45) is 0. The maximum absolute atomic E-state index is 12.5. The van der Waals surface area contributed by atoms with Crippen LogP contribution in [0.15, 0.2) is 82.0 Å². The van der Waals surface area contributed by atoms with Gasteiger partial charge in [0.15, 0.2) is 6.61 Å². The highest BCUT2D eigenvalue weighted by atomic mass is 16.5. The Morgan fingerprint density at radius 2 is 1.77 bits per heavy atom. The van der Waals surface area contributed by atoms with E-state index in [0.29, 0.717) is 39.0 Å². The average molecular weight is 410 g/mol. The first kappa shape index (κ1) is 18.8. The first-order valence-corrected chi connectivity index (χ1v) is 9.83. The number of hydrogen-bond acceptors (Lipinski definition) is 5. The molecular formula is C25H18N2O4. The van der Waals surface area contributed by atoms with Crippen molar-refractivity contribution < 1.29 is 13.9 Å². The van der Waals surface area contributed by atoms with Crippen LogP contribution in [0.4, 0.5) is 5.82 Å². The Hall–Kier alpha value is -4.19. The van der Waals surface area contributed by atoms with Crippen molar-refractivity contribution >= 4 is 44.4 Å². The SMILES string of the molecule is Cc1cc(NC(=O)COc2ccc3ccccc3c2)nc2c1c(=O)oc1ccccc12. The Labute approximate surface area is 177 Å². The molecule has 0 saturated carbocycles. The summed E-state index contributed by atoms with van der Waals surface area (Å²) in [7, 11) is 0. The van der Waals surface area contributed by atoms with Crippen LogP contribution in [0.1, 0.15) is 5.56 Å². The molecule has 152 valence electrons. The minimum absolute atomic E-state index is 0.158. The quantitative estimate of drug-likeness (QED) is 0.339. The van der Waals surface area contributed by atoms with Gasteiger partial charge in [0.1, 0.15) is 17.2 Å². The normalized spacial score (nSPS) is 11.1. The number of hydrogen-bond donors (Lipinski definition) is 1. The lowest BCUT2D eigenvalue weighted by Gasteiger charge is -2.10. The van der Waals surface area contributed by atoms with E-state index in [1.165, 1.54) is 0 Å². The van der Waals surface area contributed by atoms with Crippen LogP contribution < -0.4 is 15.7 Å². The van der Waals surface area contributed by atoms with Crippen molar-refractivity contribution in [2.45, 2.75) is 6.92 Å². The Kier molecular flexibility index (Phi) is 4.59. The molecule has 1 amide bonds. The lowest BCUT2D eigenvalue weighted by molar-refractivity contribution is -0.118. The van der Waals surface area contributed by atoms with E-state index in [4.69, 9.17) is 9.15 Å². The van der Waals surface area contributed by atoms with Crippen molar-refractivity contribution in [3.8, 4) is 5.75 Å². The predicted molar refractivity (Wildman–Crippen MR) is 121 cm³/mol. The zero-order valence-corrected chi connectivity index (χ0v) is 16.7. The molecule has 2 heterocycles. The smallest absolute Gasteiger partial charge is 0.346 e. The maximum Gasteiger partial charge on any atom is 0.346 e. The molecule has 0 radical (unpaired) electrons. The van der Waals surface area contributed by atoms with E-state index in [0.717, 1.165) is 10.8 Å². The molecule has 0 unspecified atom stereocenters. The molecular weight excluding hydrogens is 392 g/mol. The van der Waals surface area contributed by atoms with Crippen LogP contribution in [-0.2, 0) is 4.79 Å². The Bertz CT molecular complexity index is 1520. The second-order valence-corrected chi connectivity index (χ2v) is 7.28. The average Bonchev–Trinajstić information content (AvgIpc) is 2.77. The van der Waals surface area contributed by atoms with E-state index in [-0.39, 0.29) is 12.5 Å². The van der Waals surface area contributed by atoms with Crippen LogP contribution in [0.3, 0.4) is 0 Å². The molecule has 1 N–H and O–H groups in total. The highest BCUT2D eigenvalue weighted by molar-refractivity contribution is 6.04. The number of anilines is 1. The highest BCUT2D eigenvalue weighted by Gasteiger charge is 2.14. The number of carbonyl (C=O) groups is 1. The minimum atomic E-state index is -0.448. The van der Waals surface area contributed by atoms with Crippen molar-refractivity contribution in [1.29, 1.82) is 0 Å². The molecule has 5 aromatic rings. The molecule has 0 bridgehead atoms. The lowest BCUT2D eigenvalue weighted by Crippen LogP contribution is -2.21. The summed E-state index contributed by atoms with van der Waals surface area (Å²) in [5.74, 6) is 0.625. The molecule has 0 saturated heterocycles. The number of aryl methyl sites for hydroxylation is 1. The second kappa shape index (κ2) is 7.57. The molecule has 5 rings (SSSR count). The van der Waals surface area contributed by atoms with Gasteiger partial charge in [0.2, 0.25) is 0 Å². The summed E-state index contributed by atoms with van der Waals surface area (Å²) in [5.41, 5.74) is 1.18. The first-order chi connectivity index (χ1) is 15.1. The van der Waals surface area contributed by atoms with Crippen LogP contribution in [-0.4, -0.2) is 17.5 Å². The summed E-state index contributed by atoms with van der Waals surface area (Å²) < 4.78 is 11.0. The Balaban J connectivity index is 1.39. The largest absolute Gasteiger partial charge is 0.484 e. The monoisotopic (exact) mass is 410 g/mol. The fourth-order valence-electron chi connectivity index (χ4n) is 3.68. The van der Waals surface area contributed by atoms with Crippen molar-refractivity contribution in [3.05, 3.63) is 88.8 Å². The fraction of sp³-hybridized carbons (Fsp3) is 0.0800. The van der Waals surface area contributed by atoms with Crippen LogP contribution in [0.25, 0.3) is 32.6 Å². The maximum atomic E-state index is 12.5. The van der Waals surface area contributed by atoms with Gasteiger partial charge in [-0.2, -0.15) is 0 Å². The van der Waals surface area contributed by atoms with Crippen LogP contribution >= 0.6 is 0 Å². The van der Waals surface area contributed by atoms with E-state index in [2.05, 4.69) is 10.3 Å². The third-order valence-corrected chi connectivity index (χ3v) is 5.12. The van der Waals surface area contributed by atoms with Crippen molar-refractivity contribution in [2.75, 3.05) is 11.9 Å². The third-order valence-electron chi connectivity index (χ3n) is 5.12. The van der Waals surface area contributed by atoms with E-state index >= 15 is 0 Å². The summed E-state index contributed by atoms with van der Waals surface area (Å²) in [5, 5.41) is 6.02. The van der Waals surface area contributed by atoms with E-state index in [1.807, 2.05) is 54.6 Å². The molecule has 3 aromatic carbocycles. The molecule has 2 aromatic heterocycles. The number of nitrogens with zero attached hydrogens (tertiary/aromatic N) is 1. The van der Waals surface area contributed by atoms with Gasteiger partial charge in [0.25, 0.3) is 5.91 Å². The van der Waals surface area contributed by atoms with Crippen molar-refractivity contribution in [1.82, 2.24) is 4.98 Å². The molecule has 0 spiro atoms. The van der Waals surface area contributed by atoms with Gasteiger partial charge in [-0.1, -0.05) is 42.5 Å². The number of benzene rings is 3. The second-order valence-electron chi connectivity index (χ2n) is 7.28. The Morgan fingerprint density at radius 1 is 1.00 bits per heavy atom. The van der Waals surface area contributed by atoms with Crippen LogP contribution in [0.2, 0.25) is 0 Å². The number of rotatable bonds is 4. The van der Waals surface area contributed by atoms with Gasteiger partial charge in [-0.05, 0) is 53.6 Å². The third kappa shape index (κ3) is 3.59. The van der Waals surface area contributed by atoms with Gasteiger partial charge in [-0.3, -0.25) is 4.79 Å². The summed E-state index contributed by atoms with van der Waals surface area (Å²) in [6.45, 7) is 1.63. The number of pyridine rings is 1. The highest BCUT2D eigenvalue weighted by Crippen LogP contribution is 2.25. The molecule has 0 aliphatic heterocycles. The topological polar surface area (TPSA) is 81.4 Å². The summed E-state index contributed by atoms with van der Waals surface area (Å²) >= 11 is 0. The van der Waals surface area contributed by atoms with E-state index in [9.17, 15) is 9.59 Å². The van der Waals surface area contributed by atoms with Crippen LogP contribution in [0, 0.1) is 6.92 Å². The molecule has 6 nitrogen and oxygen atoms in total. The van der Waals surface area contributed by atoms with Gasteiger partial charge in [-0.25, -0.2) is 9.78 Å². The predicted octanol–water partition coefficient (Wildman–Crippen LogP) is 4.82. The first-order valence-electron chi connectivity index (χ1n) is 9.83. The van der Waals surface area contributed by atoms with Crippen LogP contribution in [0.5, 0.6) is 5.75 Å². The van der Waals surface area contributed by atoms with Crippen molar-refractivity contribution in [2.24, 2.45) is 0 Å². The molecule has 0 atom stereocenters. The van der Waals surface area contributed by atoms with Gasteiger partial charge < -0.3 is 14.5 Å². The number of nitrogens with one attached hydrogen (secondary N) is 1. The fourth-order valence-corrected chi connectivity index (χ4v) is 3.68. The number of carbonyl (C=O) groups excluding carboxylic acids is 1. The summed E-state index contributed by atoms with van der Waals surface area (Å²) in [4.78, 5) is 29.4. The van der Waals surface area contributed by atoms with Crippen molar-refractivity contribution in [3.63, 3.8) is 0 Å². The number of para-hydroxylation sites is 1. The molecule has 31 heavy (non-hydrogen) atoms. The number of amides is 1. The number of aromatic nitrogens is 1. The van der Waals surface area contributed by atoms with E-state index < -0.39 is 5.63 Å².